The van der Waals surface area contributed by atoms with Crippen molar-refractivity contribution in [1.82, 2.24) is 0 Å². The molecular formula is C18H33N. The van der Waals surface area contributed by atoms with Crippen LogP contribution in [-0.4, -0.2) is 11.8 Å². The van der Waals surface area contributed by atoms with Gasteiger partial charge < -0.3 is 0 Å². The molecule has 0 aromatic heterocycles. The van der Waals surface area contributed by atoms with Crippen LogP contribution in [0.5, 0.6) is 0 Å². The summed E-state index contributed by atoms with van der Waals surface area (Å²) in [6.45, 7) is 0. The summed E-state index contributed by atoms with van der Waals surface area (Å²) in [5, 5.41) is 0. The molecule has 0 saturated heterocycles. The Kier molecular flexibility index (Phi) is 7.58. The predicted octanol–water partition coefficient (Wildman–Crippen LogP) is 6.06. The lowest BCUT2D eigenvalue weighted by Gasteiger charge is -2.20. The van der Waals surface area contributed by atoms with Crippen LogP contribution in [-0.2, 0) is 0 Å². The fourth-order valence-electron chi connectivity index (χ4n) is 3.62. The van der Waals surface area contributed by atoms with Crippen molar-refractivity contribution in [3.63, 3.8) is 0 Å². The first-order chi connectivity index (χ1) is 9.45. The van der Waals surface area contributed by atoms with Crippen molar-refractivity contribution < 1.29 is 0 Å². The molecule has 19 heavy (non-hydrogen) atoms. The highest BCUT2D eigenvalue weighted by Gasteiger charge is 2.13. The highest BCUT2D eigenvalue weighted by atomic mass is 14.8. The van der Waals surface area contributed by atoms with Crippen LogP contribution in [0, 0.1) is 0 Å². The highest BCUT2D eigenvalue weighted by molar-refractivity contribution is 5.84. The van der Waals surface area contributed by atoms with Crippen LogP contribution in [0.3, 0.4) is 0 Å². The molecule has 110 valence electrons. The topological polar surface area (TPSA) is 12.4 Å². The van der Waals surface area contributed by atoms with Gasteiger partial charge in [-0.05, 0) is 38.5 Å². The van der Waals surface area contributed by atoms with Gasteiger partial charge in [-0.15, -0.1) is 0 Å². The van der Waals surface area contributed by atoms with E-state index in [1.165, 1.54) is 103 Å². The molecule has 0 spiro atoms. The standard InChI is InChI=1S/C18H33N/c1-2-4-6-9-13-17(14-10-7-5-3-1)19-18-15-11-8-12-16-18/h18H,1-16H2. The monoisotopic (exact) mass is 263 g/mol. The van der Waals surface area contributed by atoms with Crippen LogP contribution >= 0.6 is 0 Å². The van der Waals surface area contributed by atoms with E-state index in [4.69, 9.17) is 4.99 Å². The van der Waals surface area contributed by atoms with Crippen molar-refractivity contribution in [2.24, 2.45) is 4.99 Å². The Hall–Kier alpha value is -0.330. The molecule has 0 atom stereocenters. The predicted molar refractivity (Wildman–Crippen MR) is 85.1 cm³/mol. The molecule has 2 saturated carbocycles. The molecule has 1 heteroatoms. The van der Waals surface area contributed by atoms with Gasteiger partial charge in [0.05, 0.1) is 0 Å². The van der Waals surface area contributed by atoms with E-state index in [0.717, 1.165) is 0 Å². The third-order valence-corrected chi connectivity index (χ3v) is 4.87. The lowest BCUT2D eigenvalue weighted by molar-refractivity contribution is 0.441. The van der Waals surface area contributed by atoms with Gasteiger partial charge in [0.2, 0.25) is 0 Å². The Balaban J connectivity index is 1.81. The highest BCUT2D eigenvalue weighted by Crippen LogP contribution is 2.22. The van der Waals surface area contributed by atoms with Crippen LogP contribution in [0.2, 0.25) is 0 Å². The molecule has 0 aromatic carbocycles. The smallest absolute Gasteiger partial charge is 0.0499 e. The van der Waals surface area contributed by atoms with E-state index in [-0.39, 0.29) is 0 Å². The van der Waals surface area contributed by atoms with E-state index in [1.807, 2.05) is 0 Å². The summed E-state index contributed by atoms with van der Waals surface area (Å²) in [7, 11) is 0. The summed E-state index contributed by atoms with van der Waals surface area (Å²) in [6.07, 6.45) is 22.6. The SMILES string of the molecule is C1CCCCCC(=NC2CCCCC2)CCCCC1. The number of hydrogen-bond donors (Lipinski definition) is 0. The Morgan fingerprint density at radius 1 is 0.526 bits per heavy atom. The van der Waals surface area contributed by atoms with Gasteiger partial charge in [0.15, 0.2) is 0 Å². The number of aliphatic imine (C=N–C) groups is 1. The van der Waals surface area contributed by atoms with Gasteiger partial charge >= 0.3 is 0 Å². The summed E-state index contributed by atoms with van der Waals surface area (Å²) >= 11 is 0. The molecule has 0 bridgehead atoms. The first-order valence-electron chi connectivity index (χ1n) is 9.01. The van der Waals surface area contributed by atoms with Crippen LogP contribution in [0.25, 0.3) is 0 Å². The largest absolute Gasteiger partial charge is 0.291 e. The van der Waals surface area contributed by atoms with Crippen molar-refractivity contribution in [1.29, 1.82) is 0 Å². The molecule has 0 amide bonds. The third kappa shape index (κ3) is 6.58. The minimum absolute atomic E-state index is 0.691. The fourth-order valence-corrected chi connectivity index (χ4v) is 3.62. The molecule has 0 N–H and O–H groups in total. The van der Waals surface area contributed by atoms with Gasteiger partial charge in [0.1, 0.15) is 0 Å². The first kappa shape index (κ1) is 15.1. The Bertz CT molecular complexity index is 236. The molecule has 2 fully saturated rings. The zero-order valence-corrected chi connectivity index (χ0v) is 12.8. The Labute approximate surface area is 120 Å². The fraction of sp³-hybridized carbons (Fsp3) is 0.944. The Morgan fingerprint density at radius 2 is 0.947 bits per heavy atom. The second-order valence-electron chi connectivity index (χ2n) is 6.67. The van der Waals surface area contributed by atoms with Crippen LogP contribution in [0.1, 0.15) is 103 Å². The first-order valence-corrected chi connectivity index (χ1v) is 9.01. The van der Waals surface area contributed by atoms with E-state index >= 15 is 0 Å². The van der Waals surface area contributed by atoms with Crippen LogP contribution in [0.15, 0.2) is 4.99 Å². The average Bonchev–Trinajstić information content (AvgIpc) is 2.43. The number of nitrogens with zero attached hydrogens (tertiary/aromatic N) is 1. The van der Waals surface area contributed by atoms with Crippen molar-refractivity contribution in [3.8, 4) is 0 Å². The van der Waals surface area contributed by atoms with E-state index in [9.17, 15) is 0 Å². The average molecular weight is 263 g/mol. The molecule has 0 unspecified atom stereocenters. The minimum atomic E-state index is 0.691. The van der Waals surface area contributed by atoms with Gasteiger partial charge in [-0.25, -0.2) is 0 Å². The zero-order chi connectivity index (χ0) is 13.2. The summed E-state index contributed by atoms with van der Waals surface area (Å²) in [5.41, 5.74) is 1.58. The van der Waals surface area contributed by atoms with Crippen LogP contribution < -0.4 is 0 Å². The number of hydrogen-bond acceptors (Lipinski definition) is 1. The van der Waals surface area contributed by atoms with E-state index in [0.29, 0.717) is 6.04 Å². The summed E-state index contributed by atoms with van der Waals surface area (Å²) in [4.78, 5) is 5.14. The normalized spacial score (nSPS) is 25.4. The van der Waals surface area contributed by atoms with Crippen molar-refractivity contribution in [2.45, 2.75) is 109 Å². The van der Waals surface area contributed by atoms with Crippen molar-refractivity contribution in [3.05, 3.63) is 0 Å². The lowest BCUT2D eigenvalue weighted by Crippen LogP contribution is -2.13. The Morgan fingerprint density at radius 3 is 1.47 bits per heavy atom. The molecular weight excluding hydrogens is 230 g/mol. The molecule has 1 nitrogen and oxygen atoms in total. The summed E-state index contributed by atoms with van der Waals surface area (Å²) in [6, 6.07) is 0.691. The van der Waals surface area contributed by atoms with Crippen molar-refractivity contribution in [2.75, 3.05) is 0 Å². The van der Waals surface area contributed by atoms with Gasteiger partial charge in [-0.1, -0.05) is 64.2 Å². The van der Waals surface area contributed by atoms with Gasteiger partial charge in [0.25, 0.3) is 0 Å². The molecule has 0 heterocycles. The molecule has 2 aliphatic rings. The molecule has 2 rings (SSSR count). The molecule has 0 radical (unpaired) electrons. The van der Waals surface area contributed by atoms with Crippen molar-refractivity contribution >= 4 is 5.71 Å². The zero-order valence-electron chi connectivity index (χ0n) is 12.8. The van der Waals surface area contributed by atoms with Gasteiger partial charge in [-0.2, -0.15) is 0 Å². The summed E-state index contributed by atoms with van der Waals surface area (Å²) < 4.78 is 0. The van der Waals surface area contributed by atoms with E-state index in [1.54, 1.807) is 5.71 Å². The maximum absolute atomic E-state index is 5.14. The van der Waals surface area contributed by atoms with E-state index in [2.05, 4.69) is 0 Å². The summed E-state index contributed by atoms with van der Waals surface area (Å²) in [5.74, 6) is 0. The van der Waals surface area contributed by atoms with Gasteiger partial charge in [-0.3, -0.25) is 4.99 Å². The second kappa shape index (κ2) is 9.55. The quantitative estimate of drug-likeness (QED) is 0.545. The maximum Gasteiger partial charge on any atom is 0.0499 e. The number of rotatable bonds is 1. The third-order valence-electron chi connectivity index (χ3n) is 4.87. The molecule has 0 aliphatic heterocycles. The second-order valence-corrected chi connectivity index (χ2v) is 6.67. The van der Waals surface area contributed by atoms with Gasteiger partial charge in [0, 0.05) is 11.8 Å². The maximum atomic E-state index is 5.14. The van der Waals surface area contributed by atoms with Crippen LogP contribution in [0.4, 0.5) is 0 Å². The molecule has 2 aliphatic carbocycles. The van der Waals surface area contributed by atoms with E-state index < -0.39 is 0 Å². The lowest BCUT2D eigenvalue weighted by atomic mass is 9.95. The molecule has 0 aromatic rings. The minimum Gasteiger partial charge on any atom is -0.291 e.